The maximum absolute atomic E-state index is 13.2. The van der Waals surface area contributed by atoms with Crippen molar-refractivity contribution < 1.29 is 22.3 Å². The first-order valence-corrected chi connectivity index (χ1v) is 5.88. The Kier molecular flexibility index (Phi) is 3.97. The Morgan fingerprint density at radius 3 is 2.57 bits per heavy atom. The van der Waals surface area contributed by atoms with Gasteiger partial charge in [0.05, 0.1) is 11.3 Å². The monoisotopic (exact) mass is 301 g/mol. The minimum absolute atomic E-state index is 0.0122. The van der Waals surface area contributed by atoms with E-state index in [1.165, 1.54) is 12.3 Å². The van der Waals surface area contributed by atoms with Gasteiger partial charge in [0.25, 0.3) is 0 Å². The summed E-state index contributed by atoms with van der Waals surface area (Å²) in [6, 6.07) is 3.51. The molecule has 0 aliphatic heterocycles. The number of nitrogens with zero attached hydrogens (tertiary/aromatic N) is 2. The van der Waals surface area contributed by atoms with Crippen LogP contribution in [-0.4, -0.2) is 9.97 Å². The van der Waals surface area contributed by atoms with Crippen molar-refractivity contribution in [2.75, 3.05) is 5.73 Å². The second-order valence-corrected chi connectivity index (χ2v) is 4.27. The number of anilines is 1. The van der Waals surface area contributed by atoms with E-state index in [0.717, 1.165) is 12.1 Å². The van der Waals surface area contributed by atoms with Gasteiger partial charge in [-0.2, -0.15) is 13.2 Å². The fourth-order valence-electron chi connectivity index (χ4n) is 1.67. The number of nitrogens with two attached hydrogens (primary N) is 1. The van der Waals surface area contributed by atoms with Gasteiger partial charge < -0.3 is 10.5 Å². The van der Waals surface area contributed by atoms with Gasteiger partial charge in [0, 0.05) is 12.3 Å². The molecule has 1 aromatic heterocycles. The minimum atomic E-state index is -4.65. The van der Waals surface area contributed by atoms with E-state index in [9.17, 15) is 17.6 Å². The van der Waals surface area contributed by atoms with E-state index in [1.807, 2.05) is 0 Å². The molecule has 0 unspecified atom stereocenters. The average molecular weight is 301 g/mol. The van der Waals surface area contributed by atoms with Crippen molar-refractivity contribution in [2.45, 2.75) is 19.2 Å². The van der Waals surface area contributed by atoms with Crippen molar-refractivity contribution in [1.29, 1.82) is 0 Å². The molecule has 0 fully saturated rings. The molecule has 0 bridgehead atoms. The smallest absolute Gasteiger partial charge is 0.416 e. The first kappa shape index (κ1) is 15.0. The molecule has 0 saturated carbocycles. The Bertz CT molecular complexity index is 646. The average Bonchev–Trinajstić information content (AvgIpc) is 2.37. The quantitative estimate of drug-likeness (QED) is 0.883. The highest BCUT2D eigenvalue weighted by Gasteiger charge is 2.31. The molecular formula is C13H11F4N3O. The Balaban J connectivity index is 2.25. The van der Waals surface area contributed by atoms with Crippen LogP contribution in [0.15, 0.2) is 30.5 Å². The number of hydrogen-bond acceptors (Lipinski definition) is 4. The van der Waals surface area contributed by atoms with Crippen molar-refractivity contribution >= 4 is 5.95 Å². The van der Waals surface area contributed by atoms with E-state index in [-0.39, 0.29) is 11.7 Å². The predicted octanol–water partition coefficient (Wildman–Crippen LogP) is 3.36. The summed E-state index contributed by atoms with van der Waals surface area (Å²) in [6.07, 6.45) is -3.97. The molecule has 0 aliphatic rings. The summed E-state index contributed by atoms with van der Waals surface area (Å²) in [7, 11) is 0. The summed E-state index contributed by atoms with van der Waals surface area (Å²) in [4.78, 5) is 7.58. The Morgan fingerprint density at radius 2 is 1.95 bits per heavy atom. The second-order valence-electron chi connectivity index (χ2n) is 4.27. The predicted molar refractivity (Wildman–Crippen MR) is 66.9 cm³/mol. The molecule has 8 heteroatoms. The Morgan fingerprint density at radius 1 is 1.24 bits per heavy atom. The molecule has 21 heavy (non-hydrogen) atoms. The van der Waals surface area contributed by atoms with Crippen LogP contribution in [0.25, 0.3) is 0 Å². The highest BCUT2D eigenvalue weighted by Crippen LogP contribution is 2.33. The van der Waals surface area contributed by atoms with Crippen LogP contribution in [0.4, 0.5) is 23.5 Å². The number of benzene rings is 1. The van der Waals surface area contributed by atoms with Crippen molar-refractivity contribution in [3.8, 4) is 5.75 Å². The number of halogens is 4. The zero-order chi connectivity index (χ0) is 15.6. The summed E-state index contributed by atoms with van der Waals surface area (Å²) in [5.41, 5.74) is 4.67. The maximum Gasteiger partial charge on any atom is 0.416 e. The second kappa shape index (κ2) is 5.55. The highest BCUT2D eigenvalue weighted by atomic mass is 19.4. The number of hydrogen-bond donors (Lipinski definition) is 1. The lowest BCUT2D eigenvalue weighted by atomic mass is 10.2. The van der Waals surface area contributed by atoms with E-state index >= 15 is 0 Å². The zero-order valence-electron chi connectivity index (χ0n) is 10.9. The molecule has 2 aromatic rings. The Hall–Kier alpha value is -2.38. The molecular weight excluding hydrogens is 290 g/mol. The van der Waals surface area contributed by atoms with E-state index in [0.29, 0.717) is 11.8 Å². The first-order chi connectivity index (χ1) is 9.75. The van der Waals surface area contributed by atoms with Crippen molar-refractivity contribution in [3.63, 3.8) is 0 Å². The van der Waals surface area contributed by atoms with E-state index in [2.05, 4.69) is 9.97 Å². The van der Waals surface area contributed by atoms with Crippen molar-refractivity contribution in [3.05, 3.63) is 47.5 Å². The van der Waals surface area contributed by atoms with E-state index in [1.54, 1.807) is 6.92 Å². The summed E-state index contributed by atoms with van der Waals surface area (Å²) in [5, 5.41) is 0. The van der Waals surface area contributed by atoms with Crippen LogP contribution >= 0.6 is 0 Å². The number of rotatable bonds is 3. The largest absolute Gasteiger partial charge is 0.484 e. The third-order valence-electron chi connectivity index (χ3n) is 2.62. The van der Waals surface area contributed by atoms with Gasteiger partial charge in [0.2, 0.25) is 5.95 Å². The number of nitrogen functional groups attached to an aromatic ring is 1. The zero-order valence-corrected chi connectivity index (χ0v) is 10.9. The molecule has 0 radical (unpaired) electrons. The van der Waals surface area contributed by atoms with Gasteiger partial charge in [-0.05, 0) is 25.1 Å². The summed E-state index contributed by atoms with van der Waals surface area (Å²) < 4.78 is 56.3. The van der Waals surface area contributed by atoms with Crippen LogP contribution in [0, 0.1) is 5.82 Å². The first-order valence-electron chi connectivity index (χ1n) is 5.88. The lowest BCUT2D eigenvalue weighted by molar-refractivity contribution is -0.137. The summed E-state index contributed by atoms with van der Waals surface area (Å²) >= 11 is 0. The third-order valence-corrected chi connectivity index (χ3v) is 2.62. The maximum atomic E-state index is 13.2. The SMILES string of the molecule is C[C@@H](Oc1cc(F)cc(C(F)(F)F)c1)c1ccnc(N)n1. The van der Waals surface area contributed by atoms with Gasteiger partial charge in [-0.3, -0.25) is 0 Å². The topological polar surface area (TPSA) is 61.0 Å². The molecule has 0 amide bonds. The van der Waals surface area contributed by atoms with Gasteiger partial charge in [0.1, 0.15) is 17.7 Å². The molecule has 2 N–H and O–H groups in total. The van der Waals surface area contributed by atoms with Gasteiger partial charge in [-0.15, -0.1) is 0 Å². The fourth-order valence-corrected chi connectivity index (χ4v) is 1.67. The lowest BCUT2D eigenvalue weighted by Gasteiger charge is -2.16. The molecule has 4 nitrogen and oxygen atoms in total. The fraction of sp³-hybridized carbons (Fsp3) is 0.231. The highest BCUT2D eigenvalue weighted by molar-refractivity contribution is 5.32. The molecule has 1 aromatic carbocycles. The molecule has 0 spiro atoms. The van der Waals surface area contributed by atoms with Gasteiger partial charge in [0.15, 0.2) is 0 Å². The van der Waals surface area contributed by atoms with Gasteiger partial charge in [-0.1, -0.05) is 0 Å². The van der Waals surface area contributed by atoms with Crippen LogP contribution in [0.1, 0.15) is 24.3 Å². The molecule has 1 heterocycles. The number of ether oxygens (including phenoxy) is 1. The molecule has 112 valence electrons. The molecule has 0 aliphatic carbocycles. The minimum Gasteiger partial charge on any atom is -0.484 e. The summed E-state index contributed by atoms with van der Waals surface area (Å²) in [6.45, 7) is 1.56. The molecule has 2 rings (SSSR count). The van der Waals surface area contributed by atoms with E-state index < -0.39 is 23.7 Å². The normalized spacial score (nSPS) is 13.0. The number of alkyl halides is 3. The van der Waals surface area contributed by atoms with Crippen LogP contribution < -0.4 is 10.5 Å². The van der Waals surface area contributed by atoms with E-state index in [4.69, 9.17) is 10.5 Å². The summed E-state index contributed by atoms with van der Waals surface area (Å²) in [5.74, 6) is -1.26. The van der Waals surface area contributed by atoms with Gasteiger partial charge >= 0.3 is 6.18 Å². The lowest BCUT2D eigenvalue weighted by Crippen LogP contribution is -2.10. The van der Waals surface area contributed by atoms with Crippen LogP contribution in [0.5, 0.6) is 5.75 Å². The van der Waals surface area contributed by atoms with Crippen molar-refractivity contribution in [2.24, 2.45) is 0 Å². The standard InChI is InChI=1S/C13H11F4N3O/c1-7(11-2-3-19-12(18)20-11)21-10-5-8(13(15,16)17)4-9(14)6-10/h2-7H,1H3,(H2,18,19,20)/t7-/m1/s1. The molecule has 0 saturated heterocycles. The van der Waals surface area contributed by atoms with Crippen LogP contribution in [0.3, 0.4) is 0 Å². The van der Waals surface area contributed by atoms with Crippen LogP contribution in [0.2, 0.25) is 0 Å². The third kappa shape index (κ3) is 3.80. The number of aromatic nitrogens is 2. The van der Waals surface area contributed by atoms with Crippen molar-refractivity contribution in [1.82, 2.24) is 9.97 Å². The Labute approximate surface area is 117 Å². The molecule has 1 atom stereocenters. The van der Waals surface area contributed by atoms with Gasteiger partial charge in [-0.25, -0.2) is 14.4 Å². The van der Waals surface area contributed by atoms with Crippen LogP contribution in [-0.2, 0) is 6.18 Å².